The van der Waals surface area contributed by atoms with E-state index in [0.717, 1.165) is 46.5 Å². The number of rotatable bonds is 6. The number of methoxy groups -OCH3 is 1. The summed E-state index contributed by atoms with van der Waals surface area (Å²) in [5.41, 5.74) is 3.80. The maximum absolute atomic E-state index is 10.4. The fourth-order valence-corrected chi connectivity index (χ4v) is 5.66. The average molecular weight is 601 g/mol. The third-order valence-corrected chi connectivity index (χ3v) is 7.85. The van der Waals surface area contributed by atoms with Gasteiger partial charge < -0.3 is 56.5 Å². The van der Waals surface area contributed by atoms with Gasteiger partial charge in [-0.15, -0.1) is 5.10 Å². The van der Waals surface area contributed by atoms with Crippen molar-refractivity contribution in [1.29, 1.82) is 0 Å². The van der Waals surface area contributed by atoms with Crippen LogP contribution in [0.25, 0.3) is 22.0 Å². The van der Waals surface area contributed by atoms with E-state index in [1.165, 1.54) is 16.4 Å². The SMILES string of the molecule is COc1ccc2cc3[n+](cc2c1OCc1cn([C@@H]2O[C@H](CO)[C@@H](O)[C@H](O)[C@H]2O)nn1)CCc1cc2c(cc1-3)OCO2.[Cl-]. The number of hydrogen-bond acceptors (Lipinski definition) is 11. The molecule has 5 atom stereocenters. The van der Waals surface area contributed by atoms with Crippen LogP contribution in [0.5, 0.6) is 23.0 Å². The number of hydrogen-bond donors (Lipinski definition) is 4. The van der Waals surface area contributed by atoms with E-state index >= 15 is 0 Å². The van der Waals surface area contributed by atoms with Gasteiger partial charge in [-0.2, -0.15) is 4.57 Å². The number of aliphatic hydroxyl groups is 4. The number of aryl methyl sites for hydroxylation is 2. The van der Waals surface area contributed by atoms with Crippen molar-refractivity contribution in [3.05, 3.63) is 54.0 Å². The van der Waals surface area contributed by atoms with Gasteiger partial charge in [0.25, 0.3) is 0 Å². The second-order valence-electron chi connectivity index (χ2n) is 10.3. The number of aromatic nitrogens is 4. The number of nitrogens with zero attached hydrogens (tertiary/aromatic N) is 4. The van der Waals surface area contributed by atoms with E-state index in [9.17, 15) is 20.4 Å². The standard InChI is InChI=1S/C28H29N4O9.ClH/c1-37-20-3-2-14-6-19-17-8-22-21(39-13-40-22)7-15(17)4-5-31(19)10-18(14)27(20)38-12-16-9-32(30-29-16)28-26(36)25(35)24(34)23(11-33)41-28;/h2-3,6-10,23-26,28,33-36H,4-5,11-13H2,1H3;1H/q+1;/p-1/t23-,24-,25+,26-,28-;/m1./s1. The average Bonchev–Trinajstić information content (AvgIpc) is 3.66. The van der Waals surface area contributed by atoms with E-state index in [4.69, 9.17) is 23.7 Å². The maximum atomic E-state index is 10.4. The molecule has 0 saturated carbocycles. The largest absolute Gasteiger partial charge is 1.00 e. The summed E-state index contributed by atoms with van der Waals surface area (Å²) in [6.07, 6.45) is -2.25. The van der Waals surface area contributed by atoms with E-state index in [2.05, 4.69) is 33.2 Å². The monoisotopic (exact) mass is 600 g/mol. The summed E-state index contributed by atoms with van der Waals surface area (Å²) in [6.45, 7) is 0.500. The predicted molar refractivity (Wildman–Crippen MR) is 139 cm³/mol. The molecule has 42 heavy (non-hydrogen) atoms. The number of pyridine rings is 1. The van der Waals surface area contributed by atoms with Gasteiger partial charge in [0.05, 0.1) is 30.9 Å². The van der Waals surface area contributed by atoms with Gasteiger partial charge in [0.15, 0.2) is 42.0 Å². The quantitative estimate of drug-likeness (QED) is 0.170. The van der Waals surface area contributed by atoms with Gasteiger partial charge >= 0.3 is 0 Å². The van der Waals surface area contributed by atoms with E-state index in [0.29, 0.717) is 17.2 Å². The fraction of sp³-hybridized carbons (Fsp3) is 0.393. The number of halogens is 1. The highest BCUT2D eigenvalue weighted by Gasteiger charge is 2.44. The van der Waals surface area contributed by atoms with Crippen molar-refractivity contribution in [2.75, 3.05) is 20.5 Å². The first-order chi connectivity index (χ1) is 19.9. The first-order valence-corrected chi connectivity index (χ1v) is 13.3. The minimum Gasteiger partial charge on any atom is -1.00 e. The number of ether oxygens (including phenoxy) is 5. The summed E-state index contributed by atoms with van der Waals surface area (Å²) >= 11 is 0. The van der Waals surface area contributed by atoms with Gasteiger partial charge in [-0.25, -0.2) is 4.68 Å². The molecule has 0 amide bonds. The molecular formula is C28H29ClN4O9. The number of fused-ring (bicyclic) bond motifs is 5. The van der Waals surface area contributed by atoms with Crippen LogP contribution in [0.2, 0.25) is 0 Å². The molecule has 2 aromatic carbocycles. The summed E-state index contributed by atoms with van der Waals surface area (Å²) in [4.78, 5) is 0. The smallest absolute Gasteiger partial charge is 0.231 e. The third kappa shape index (κ3) is 4.68. The van der Waals surface area contributed by atoms with Crippen molar-refractivity contribution in [3.63, 3.8) is 0 Å². The molecular weight excluding hydrogens is 572 g/mol. The third-order valence-electron chi connectivity index (χ3n) is 7.85. The van der Waals surface area contributed by atoms with Crippen molar-refractivity contribution >= 4 is 10.8 Å². The molecule has 1 saturated heterocycles. The van der Waals surface area contributed by atoms with Gasteiger partial charge in [0.2, 0.25) is 12.5 Å². The van der Waals surface area contributed by atoms with Crippen LogP contribution in [-0.2, 0) is 24.3 Å². The van der Waals surface area contributed by atoms with Crippen molar-refractivity contribution in [2.45, 2.75) is 50.2 Å². The van der Waals surface area contributed by atoms with Crippen LogP contribution in [0.4, 0.5) is 0 Å². The Kier molecular flexibility index (Phi) is 7.55. The van der Waals surface area contributed by atoms with Crippen LogP contribution in [0, 0.1) is 0 Å². The van der Waals surface area contributed by atoms with Gasteiger partial charge in [-0.3, -0.25) is 0 Å². The molecule has 2 aromatic heterocycles. The Morgan fingerprint density at radius 3 is 2.67 bits per heavy atom. The highest BCUT2D eigenvalue weighted by molar-refractivity contribution is 5.91. The zero-order valence-corrected chi connectivity index (χ0v) is 23.2. The zero-order chi connectivity index (χ0) is 28.2. The van der Waals surface area contributed by atoms with Gasteiger partial charge in [-0.1, -0.05) is 5.21 Å². The first kappa shape index (κ1) is 28.4. The van der Waals surface area contributed by atoms with Gasteiger partial charge in [-0.05, 0) is 35.2 Å². The molecule has 0 bridgehead atoms. The minimum atomic E-state index is -1.52. The Balaban J connectivity index is 0.00000316. The van der Waals surface area contributed by atoms with Crippen molar-refractivity contribution < 1.29 is 61.1 Å². The van der Waals surface area contributed by atoms with Crippen LogP contribution in [0.3, 0.4) is 0 Å². The van der Waals surface area contributed by atoms with E-state index in [1.54, 1.807) is 7.11 Å². The molecule has 14 heteroatoms. The molecule has 3 aliphatic heterocycles. The van der Waals surface area contributed by atoms with Crippen LogP contribution in [-0.4, -0.2) is 80.3 Å². The summed E-state index contributed by atoms with van der Waals surface area (Å²) in [5.74, 6) is 2.62. The van der Waals surface area contributed by atoms with Crippen LogP contribution >= 0.6 is 0 Å². The fourth-order valence-electron chi connectivity index (χ4n) is 5.66. The Morgan fingerprint density at radius 2 is 1.88 bits per heavy atom. The van der Waals surface area contributed by atoms with Crippen molar-refractivity contribution in [1.82, 2.24) is 15.0 Å². The summed E-state index contributed by atoms with van der Waals surface area (Å²) in [6, 6.07) is 10.1. The van der Waals surface area contributed by atoms with E-state index in [-0.39, 0.29) is 25.8 Å². The molecule has 0 radical (unpaired) electrons. The minimum absolute atomic E-state index is 0. The normalized spacial score (nSPS) is 24.1. The number of aliphatic hydroxyl groups excluding tert-OH is 4. The van der Waals surface area contributed by atoms with E-state index < -0.39 is 37.3 Å². The van der Waals surface area contributed by atoms with Gasteiger partial charge in [0.1, 0.15) is 36.7 Å². The second-order valence-corrected chi connectivity index (χ2v) is 10.3. The lowest BCUT2D eigenvalue weighted by Crippen LogP contribution is -3.00. The first-order valence-electron chi connectivity index (χ1n) is 13.3. The second kappa shape index (κ2) is 11.2. The molecule has 0 spiro atoms. The van der Waals surface area contributed by atoms with Crippen LogP contribution in [0.15, 0.2) is 42.7 Å². The highest BCUT2D eigenvalue weighted by atomic mass is 35.5. The molecule has 4 aromatic rings. The molecule has 5 heterocycles. The molecule has 0 unspecified atom stereocenters. The lowest BCUT2D eigenvalue weighted by Gasteiger charge is -2.39. The Bertz CT molecular complexity index is 1630. The van der Waals surface area contributed by atoms with Gasteiger partial charge in [0, 0.05) is 12.5 Å². The van der Waals surface area contributed by atoms with Crippen LogP contribution in [0.1, 0.15) is 17.5 Å². The Hall–Kier alpha value is -3.72. The molecule has 13 nitrogen and oxygen atoms in total. The molecule has 4 N–H and O–H groups in total. The highest BCUT2D eigenvalue weighted by Crippen LogP contribution is 2.42. The van der Waals surface area contributed by atoms with E-state index in [1.807, 2.05) is 18.2 Å². The summed E-state index contributed by atoms with van der Waals surface area (Å²) in [5, 5.41) is 50.0. The van der Waals surface area contributed by atoms with Crippen molar-refractivity contribution in [2.24, 2.45) is 0 Å². The van der Waals surface area contributed by atoms with Crippen LogP contribution < -0.4 is 35.9 Å². The lowest BCUT2D eigenvalue weighted by molar-refractivity contribution is -0.686. The number of benzene rings is 2. The van der Waals surface area contributed by atoms with Crippen molar-refractivity contribution in [3.8, 4) is 34.3 Å². The Labute approximate surface area is 245 Å². The maximum Gasteiger partial charge on any atom is 0.231 e. The predicted octanol–water partition coefficient (Wildman–Crippen LogP) is -2.77. The molecule has 222 valence electrons. The summed E-state index contributed by atoms with van der Waals surface area (Å²) < 4.78 is 32.0. The molecule has 7 rings (SSSR count). The lowest BCUT2D eigenvalue weighted by atomic mass is 9.95. The zero-order valence-electron chi connectivity index (χ0n) is 22.5. The molecule has 1 fully saturated rings. The molecule has 0 aliphatic carbocycles. The Morgan fingerprint density at radius 1 is 1.07 bits per heavy atom. The topological polar surface area (TPSA) is 162 Å². The summed E-state index contributed by atoms with van der Waals surface area (Å²) in [7, 11) is 1.58. The molecule has 3 aliphatic rings.